The van der Waals surface area contributed by atoms with E-state index in [1.54, 1.807) is 0 Å². The first-order valence-electron chi connectivity index (χ1n) is 24.1. The van der Waals surface area contributed by atoms with Crippen LogP contribution in [-0.4, -0.2) is 31.1 Å². The summed E-state index contributed by atoms with van der Waals surface area (Å²) in [5, 5.41) is 10.5. The van der Waals surface area contributed by atoms with Crippen molar-refractivity contribution in [2.75, 3.05) is 0 Å². The molecule has 1 saturated carbocycles. The Hall–Kier alpha value is -7.58. The van der Waals surface area contributed by atoms with Gasteiger partial charge in [-0.3, -0.25) is 0 Å². The van der Waals surface area contributed by atoms with E-state index in [4.69, 9.17) is 15.0 Å². The quantitative estimate of drug-likeness (QED) is 0.0907. The Balaban J connectivity index is 1.15. The van der Waals surface area contributed by atoms with Crippen LogP contribution in [0.5, 0.6) is 0 Å². The molecule has 10 aromatic rings. The van der Waals surface area contributed by atoms with Gasteiger partial charge in [-0.25, -0.2) is 15.0 Å². The predicted octanol–water partition coefficient (Wildman–Crippen LogP) is 9.68. The molecule has 0 spiro atoms. The van der Waals surface area contributed by atoms with E-state index >= 15 is 0 Å². The molecular weight excluding hydrogens is 855 g/mol. The van der Waals surface area contributed by atoms with E-state index in [1.807, 2.05) is 0 Å². The fourth-order valence-corrected chi connectivity index (χ4v) is 20.7. The van der Waals surface area contributed by atoms with E-state index in [9.17, 15) is 0 Å². The molecule has 328 valence electrons. The third kappa shape index (κ3) is 7.98. The van der Waals surface area contributed by atoms with Crippen LogP contribution in [0.2, 0.25) is 0 Å². The maximum atomic E-state index is 5.53. The molecule has 1 aliphatic rings. The van der Waals surface area contributed by atoms with E-state index in [0.29, 0.717) is 17.6 Å². The first-order valence-corrected chi connectivity index (χ1v) is 28.1. The van der Waals surface area contributed by atoms with Crippen molar-refractivity contribution in [2.45, 2.75) is 38.0 Å². The third-order valence-electron chi connectivity index (χ3n) is 14.2. The molecule has 0 unspecified atom stereocenters. The van der Waals surface area contributed by atoms with Crippen LogP contribution < -0.4 is 41.5 Å². The van der Waals surface area contributed by atoms with Crippen LogP contribution in [0, 0.1) is 0 Å². The molecule has 0 bridgehead atoms. The minimum absolute atomic E-state index is 0.471. The molecule has 0 aliphatic heterocycles. The van der Waals surface area contributed by atoms with Gasteiger partial charge < -0.3 is 0 Å². The van der Waals surface area contributed by atoms with Gasteiger partial charge in [0.1, 0.15) is 0 Å². The zero-order chi connectivity index (χ0) is 45.6. The zero-order valence-corrected chi connectivity index (χ0v) is 40.2. The van der Waals surface area contributed by atoms with Crippen molar-refractivity contribution in [2.24, 2.45) is 0 Å². The molecule has 0 amide bonds. The molecule has 0 radical (unpaired) electrons. The van der Waals surface area contributed by atoms with Gasteiger partial charge >= 0.3 is 0 Å². The Morgan fingerprint density at radius 3 is 0.956 bits per heavy atom. The van der Waals surface area contributed by atoms with E-state index in [2.05, 4.69) is 255 Å². The largest absolute Gasteiger partial charge is 0.208 e. The summed E-state index contributed by atoms with van der Waals surface area (Å²) in [6, 6.07) is 93.8. The molecule has 1 aliphatic carbocycles. The lowest BCUT2D eigenvalue weighted by atomic mass is 9.82. The summed E-state index contributed by atoms with van der Waals surface area (Å²) in [4.78, 5) is 16.6. The minimum Gasteiger partial charge on any atom is -0.208 e. The number of nitrogens with zero attached hydrogens (tertiary/aromatic N) is 3. The number of hydrogen-bond acceptors (Lipinski definition) is 3. The van der Waals surface area contributed by atoms with Crippen molar-refractivity contribution in [1.82, 2.24) is 15.0 Å². The Bertz CT molecular complexity index is 2870. The molecule has 3 nitrogen and oxygen atoms in total. The fourth-order valence-electron chi connectivity index (χ4n) is 11.1. The second-order valence-corrected chi connectivity index (χ2v) is 25.7. The third-order valence-corrected chi connectivity index (χ3v) is 23.8. The van der Waals surface area contributed by atoms with Crippen molar-refractivity contribution in [3.8, 4) is 34.2 Å². The van der Waals surface area contributed by atoms with Crippen molar-refractivity contribution in [1.29, 1.82) is 0 Å². The lowest BCUT2D eigenvalue weighted by Crippen LogP contribution is -2.74. The summed E-state index contributed by atoms with van der Waals surface area (Å²) in [7, 11) is -5.69. The summed E-state index contributed by atoms with van der Waals surface area (Å²) >= 11 is 0. The molecular formula is C63H53N3Si2. The normalized spacial score (nSPS) is 13.2. The van der Waals surface area contributed by atoms with Crippen LogP contribution in [0.15, 0.2) is 255 Å². The summed E-state index contributed by atoms with van der Waals surface area (Å²) < 4.78 is 0. The van der Waals surface area contributed by atoms with Crippen LogP contribution in [0.3, 0.4) is 0 Å². The maximum Gasteiger partial charge on any atom is 0.179 e. The van der Waals surface area contributed by atoms with Gasteiger partial charge in [0.2, 0.25) is 0 Å². The first-order chi connectivity index (χ1) is 33.7. The monoisotopic (exact) mass is 907 g/mol. The van der Waals surface area contributed by atoms with Gasteiger partial charge in [-0.1, -0.05) is 274 Å². The van der Waals surface area contributed by atoms with Gasteiger partial charge in [0.25, 0.3) is 0 Å². The Morgan fingerprint density at radius 2 is 0.588 bits per heavy atom. The Kier molecular flexibility index (Phi) is 12.2. The van der Waals surface area contributed by atoms with Gasteiger partial charge in [0, 0.05) is 16.7 Å². The van der Waals surface area contributed by atoms with Gasteiger partial charge in [0.15, 0.2) is 33.6 Å². The van der Waals surface area contributed by atoms with E-state index in [-0.39, 0.29) is 0 Å². The van der Waals surface area contributed by atoms with Crippen LogP contribution in [0.4, 0.5) is 0 Å². The van der Waals surface area contributed by atoms with Gasteiger partial charge in [-0.2, -0.15) is 0 Å². The second kappa shape index (κ2) is 19.3. The average molecular weight is 908 g/mol. The Labute approximate surface area is 403 Å². The molecule has 5 heteroatoms. The van der Waals surface area contributed by atoms with Gasteiger partial charge in [-0.15, -0.1) is 0 Å². The van der Waals surface area contributed by atoms with Crippen molar-refractivity contribution in [3.63, 3.8) is 0 Å². The van der Waals surface area contributed by atoms with E-state index in [1.165, 1.54) is 79.2 Å². The van der Waals surface area contributed by atoms with Crippen molar-refractivity contribution >= 4 is 57.6 Å². The first kappa shape index (κ1) is 43.0. The zero-order valence-electron chi connectivity index (χ0n) is 38.2. The van der Waals surface area contributed by atoms with E-state index in [0.717, 1.165) is 22.5 Å². The smallest absolute Gasteiger partial charge is 0.179 e. The molecule has 0 atom stereocenters. The SMILES string of the molecule is c1ccc([Si](c2ccccc2)(c2ccccc2)c2cccc(-c3nc(-c4cccc([Si](c5ccccc5)(c5ccccc5)c5ccccc5)c4)nc(-c4ccccc4C4CCCCC4)n3)c2)cc1. The lowest BCUT2D eigenvalue weighted by molar-refractivity contribution is 0.444. The highest BCUT2D eigenvalue weighted by Crippen LogP contribution is 2.38. The number of hydrogen-bond donors (Lipinski definition) is 0. The van der Waals surface area contributed by atoms with Crippen LogP contribution in [-0.2, 0) is 0 Å². The molecule has 68 heavy (non-hydrogen) atoms. The minimum atomic E-state index is -2.84. The molecule has 11 rings (SSSR count). The highest BCUT2D eigenvalue weighted by molar-refractivity contribution is 7.20. The summed E-state index contributed by atoms with van der Waals surface area (Å²) in [6.07, 6.45) is 6.16. The Morgan fingerprint density at radius 1 is 0.279 bits per heavy atom. The number of rotatable bonds is 12. The number of aromatic nitrogens is 3. The van der Waals surface area contributed by atoms with Gasteiger partial charge in [-0.05, 0) is 65.8 Å². The number of benzene rings is 9. The molecule has 1 fully saturated rings. The lowest BCUT2D eigenvalue weighted by Gasteiger charge is -2.34. The molecule has 0 saturated heterocycles. The summed E-state index contributed by atoms with van der Waals surface area (Å²) in [5.41, 5.74) is 4.38. The topological polar surface area (TPSA) is 38.7 Å². The average Bonchev–Trinajstić information content (AvgIpc) is 3.43. The fraction of sp³-hybridized carbons (Fsp3) is 0.0952. The van der Waals surface area contributed by atoms with E-state index < -0.39 is 16.1 Å². The maximum absolute atomic E-state index is 5.53. The molecule has 1 aromatic heterocycles. The van der Waals surface area contributed by atoms with Crippen molar-refractivity contribution < 1.29 is 0 Å². The molecule has 9 aromatic carbocycles. The van der Waals surface area contributed by atoms with Crippen LogP contribution in [0.25, 0.3) is 34.2 Å². The van der Waals surface area contributed by atoms with Crippen LogP contribution in [0.1, 0.15) is 43.6 Å². The standard InChI is InChI=1S/C63H53N3Si2/c1-8-26-48(27-9-1)59-44-22-23-45-60(59)63-65-61(49-28-24-42-57(46-49)67(51-30-10-2-11-31-51,52-32-12-3-13-33-52)53-34-14-4-15-35-53)64-62(66-63)50-29-25-43-58(47-50)68(54-36-16-5-17-37-54,55-38-18-6-19-39-55)56-40-20-7-21-41-56/h2-7,10-25,28-48H,1,8-9,26-27H2. The highest BCUT2D eigenvalue weighted by atomic mass is 28.3. The second-order valence-electron chi connectivity index (χ2n) is 18.1. The summed E-state index contributed by atoms with van der Waals surface area (Å²) in [5.74, 6) is 2.53. The van der Waals surface area contributed by atoms with Crippen molar-refractivity contribution in [3.05, 3.63) is 260 Å². The van der Waals surface area contributed by atoms with Crippen LogP contribution >= 0.6 is 0 Å². The molecule has 1 heterocycles. The molecule has 0 N–H and O–H groups in total. The summed E-state index contributed by atoms with van der Waals surface area (Å²) in [6.45, 7) is 0. The predicted molar refractivity (Wildman–Crippen MR) is 289 cm³/mol. The highest BCUT2D eigenvalue weighted by Gasteiger charge is 2.43. The van der Waals surface area contributed by atoms with Gasteiger partial charge in [0.05, 0.1) is 0 Å².